The number of amides is 6. The van der Waals surface area contributed by atoms with Crippen LogP contribution in [0.1, 0.15) is 195 Å². The largest absolute Gasteiger partial charge is 0.469 e. The predicted molar refractivity (Wildman–Crippen MR) is 291 cm³/mol. The number of nitrogens with one attached hydrogen (secondary N) is 6. The minimum absolute atomic E-state index is 0.0246. The van der Waals surface area contributed by atoms with Gasteiger partial charge in [0, 0.05) is 12.1 Å². The Kier molecular flexibility index (Phi) is 31.7. The summed E-state index contributed by atoms with van der Waals surface area (Å²) >= 11 is 0. The van der Waals surface area contributed by atoms with Crippen LogP contribution in [0.2, 0.25) is 0 Å². The highest BCUT2D eigenvalue weighted by Crippen LogP contribution is 2.23. The molecule has 22 heteroatoms. The molecule has 0 aliphatic carbocycles. The van der Waals surface area contributed by atoms with E-state index < -0.39 is 113 Å². The summed E-state index contributed by atoms with van der Waals surface area (Å²) in [7, 11) is 2.30. The number of ether oxygens (including phenoxy) is 8. The molecule has 0 aliphatic rings. The van der Waals surface area contributed by atoms with E-state index in [0.717, 1.165) is 39.9 Å². The number of rotatable bonds is 39. The predicted octanol–water partition coefficient (Wildman–Crippen LogP) is 5.98. The van der Waals surface area contributed by atoms with Gasteiger partial charge in [-0.3, -0.25) is 38.9 Å². The van der Waals surface area contributed by atoms with E-state index in [1.165, 1.54) is 0 Å². The van der Waals surface area contributed by atoms with Gasteiger partial charge in [-0.2, -0.15) is 0 Å². The third-order valence-corrected chi connectivity index (χ3v) is 12.1. The van der Waals surface area contributed by atoms with E-state index in [0.29, 0.717) is 26.1 Å². The summed E-state index contributed by atoms with van der Waals surface area (Å²) in [5.41, 5.74) is -4.93. The van der Waals surface area contributed by atoms with Crippen molar-refractivity contribution in [2.45, 2.75) is 252 Å². The van der Waals surface area contributed by atoms with Crippen LogP contribution < -0.4 is 31.9 Å². The maximum absolute atomic E-state index is 14.2. The summed E-state index contributed by atoms with van der Waals surface area (Å²) < 4.78 is 44.8. The molecule has 0 unspecified atom stereocenters. The van der Waals surface area contributed by atoms with E-state index in [-0.39, 0.29) is 56.6 Å². The molecule has 448 valence electrons. The summed E-state index contributed by atoms with van der Waals surface area (Å²) in [5, 5.41) is 16.2. The maximum Gasteiger partial charge on any atom is 0.409 e. The first-order valence-corrected chi connectivity index (χ1v) is 27.1. The number of hydrogen-bond acceptors (Lipinski definition) is 16. The lowest BCUT2D eigenvalue weighted by molar-refractivity contribution is -0.145. The molecule has 0 heterocycles. The van der Waals surface area contributed by atoms with Crippen molar-refractivity contribution in [2.24, 2.45) is 0 Å². The Hall–Kier alpha value is -4.64. The highest BCUT2D eigenvalue weighted by atomic mass is 16.6. The molecular weight excluding hydrogens is 1000 g/mol. The topological polar surface area (TPSA) is 283 Å². The second-order valence-corrected chi connectivity index (χ2v) is 24.1. The van der Waals surface area contributed by atoms with Crippen molar-refractivity contribution in [3.8, 4) is 0 Å². The number of methoxy groups -OCH3 is 2. The minimum Gasteiger partial charge on any atom is -0.469 e. The quantitative estimate of drug-likeness (QED) is 0.0179. The van der Waals surface area contributed by atoms with Gasteiger partial charge in [0.1, 0.15) is 42.7 Å². The SMILES string of the molecule is CCCC(C)(C)OCCC(C)(C)OCC(=O)N[C@@H](CC(=O)OC)C(=O)NCCCC[C@H](NC(=O)[C@H](CC(=O)OC)NC(=O)COC(C)(C)CCOC(C)(C)CCC)C(=O)NC(C)(C)CCOC(C)(C)NC(=O)OC(C)(C)C. The smallest absolute Gasteiger partial charge is 0.409 e. The first-order valence-electron chi connectivity index (χ1n) is 27.1. The standard InChI is InChI=1S/C55H102N6O16/c1-20-25-51(8,9)72-32-28-53(12,13)75-36-41(62)57-39(34-43(64)70-18)45(66)56-30-23-22-24-38(47(68)60-50(6,7)27-31-74-55(16,17)61-48(69)77-49(3,4)5)59-46(67)40(35-44(65)71-19)58-42(63)37-76-54(14,15)29-33-73-52(10,11)26-21-2/h38-40H,20-37H2,1-19H3,(H,56,66)(H,57,62)(H,58,63)(H,59,67)(H,60,68)(H,61,69)/t38-,39-,40-/m0/s1. The molecule has 0 aromatic heterocycles. The van der Waals surface area contributed by atoms with Crippen LogP contribution in [0.4, 0.5) is 4.79 Å². The fraction of sp³-hybridized carbons (Fsp3) is 0.855. The number of unbranched alkanes of at least 4 members (excludes halogenated alkanes) is 1. The summed E-state index contributed by atoms with van der Waals surface area (Å²) in [6.45, 7) is 31.6. The lowest BCUT2D eigenvalue weighted by atomic mass is 9.99. The molecular formula is C55H102N6O16. The van der Waals surface area contributed by atoms with E-state index in [2.05, 4.69) is 45.7 Å². The van der Waals surface area contributed by atoms with Crippen LogP contribution in [0.25, 0.3) is 0 Å². The van der Waals surface area contributed by atoms with Gasteiger partial charge < -0.3 is 64.5 Å². The van der Waals surface area contributed by atoms with Crippen molar-refractivity contribution in [3.05, 3.63) is 0 Å². The molecule has 0 saturated carbocycles. The second kappa shape index (κ2) is 33.7. The molecule has 22 nitrogen and oxygen atoms in total. The van der Waals surface area contributed by atoms with Gasteiger partial charge in [0.15, 0.2) is 0 Å². The second-order valence-electron chi connectivity index (χ2n) is 24.1. The fourth-order valence-electron chi connectivity index (χ4n) is 7.53. The van der Waals surface area contributed by atoms with Gasteiger partial charge in [-0.25, -0.2) is 4.79 Å². The van der Waals surface area contributed by atoms with Gasteiger partial charge in [-0.1, -0.05) is 26.7 Å². The number of esters is 2. The molecule has 0 spiro atoms. The first kappa shape index (κ1) is 72.4. The summed E-state index contributed by atoms with van der Waals surface area (Å²) in [5.74, 6) is -4.96. The average Bonchev–Trinajstić information content (AvgIpc) is 3.27. The number of alkyl carbamates (subject to hydrolysis) is 1. The van der Waals surface area contributed by atoms with Crippen molar-refractivity contribution >= 4 is 47.6 Å². The van der Waals surface area contributed by atoms with E-state index in [1.807, 2.05) is 55.4 Å². The third kappa shape index (κ3) is 35.5. The van der Waals surface area contributed by atoms with Crippen LogP contribution in [0, 0.1) is 0 Å². The van der Waals surface area contributed by atoms with Crippen LogP contribution in [0.15, 0.2) is 0 Å². The average molecular weight is 1100 g/mol. The Morgan fingerprint density at radius 2 is 0.883 bits per heavy atom. The van der Waals surface area contributed by atoms with E-state index in [4.69, 9.17) is 37.9 Å². The first-order chi connectivity index (χ1) is 35.3. The lowest BCUT2D eigenvalue weighted by Crippen LogP contribution is -2.57. The minimum atomic E-state index is -1.47. The van der Waals surface area contributed by atoms with Crippen LogP contribution in [-0.2, 0) is 71.5 Å². The summed E-state index contributed by atoms with van der Waals surface area (Å²) in [6.07, 6.45) is 3.77. The summed E-state index contributed by atoms with van der Waals surface area (Å²) in [6, 6.07) is -3.98. The van der Waals surface area contributed by atoms with Crippen LogP contribution in [0.3, 0.4) is 0 Å². The lowest BCUT2D eigenvalue weighted by Gasteiger charge is -2.32. The highest BCUT2D eigenvalue weighted by molar-refractivity contribution is 5.94. The van der Waals surface area contributed by atoms with Crippen molar-refractivity contribution < 1.29 is 76.3 Å². The number of carbonyl (C=O) groups is 8. The van der Waals surface area contributed by atoms with Gasteiger partial charge in [0.25, 0.3) is 0 Å². The van der Waals surface area contributed by atoms with Crippen molar-refractivity contribution in [1.29, 1.82) is 0 Å². The molecule has 0 saturated heterocycles. The van der Waals surface area contributed by atoms with Crippen LogP contribution in [-0.4, -0.2) is 159 Å². The third-order valence-electron chi connectivity index (χ3n) is 12.1. The van der Waals surface area contributed by atoms with E-state index in [9.17, 15) is 38.4 Å². The van der Waals surface area contributed by atoms with Gasteiger partial charge in [-0.15, -0.1) is 0 Å². The van der Waals surface area contributed by atoms with Gasteiger partial charge >= 0.3 is 18.0 Å². The molecule has 3 atom stereocenters. The Balaban J connectivity index is 6.18. The van der Waals surface area contributed by atoms with Gasteiger partial charge in [0.05, 0.1) is 69.3 Å². The van der Waals surface area contributed by atoms with E-state index >= 15 is 0 Å². The molecule has 0 fully saturated rings. The zero-order chi connectivity index (χ0) is 59.5. The monoisotopic (exact) mass is 1100 g/mol. The zero-order valence-corrected chi connectivity index (χ0v) is 50.5. The van der Waals surface area contributed by atoms with Gasteiger partial charge in [0.2, 0.25) is 29.5 Å². The molecule has 0 rings (SSSR count). The summed E-state index contributed by atoms with van der Waals surface area (Å²) in [4.78, 5) is 105. The Morgan fingerprint density at radius 1 is 0.455 bits per heavy atom. The highest BCUT2D eigenvalue weighted by Gasteiger charge is 2.34. The van der Waals surface area contributed by atoms with Crippen molar-refractivity contribution in [2.75, 3.05) is 53.8 Å². The Bertz CT molecular complexity index is 1860. The van der Waals surface area contributed by atoms with Crippen LogP contribution >= 0.6 is 0 Å². The molecule has 6 N–H and O–H groups in total. The van der Waals surface area contributed by atoms with Crippen molar-refractivity contribution in [1.82, 2.24) is 31.9 Å². The Morgan fingerprint density at radius 3 is 1.31 bits per heavy atom. The molecule has 6 amide bonds. The van der Waals surface area contributed by atoms with Gasteiger partial charge in [-0.05, 0) is 155 Å². The van der Waals surface area contributed by atoms with Crippen LogP contribution in [0.5, 0.6) is 0 Å². The number of hydrogen-bond donors (Lipinski definition) is 6. The van der Waals surface area contributed by atoms with E-state index in [1.54, 1.807) is 48.5 Å². The Labute approximate surface area is 460 Å². The molecule has 0 radical (unpaired) electrons. The molecule has 0 aromatic carbocycles. The molecule has 77 heavy (non-hydrogen) atoms. The zero-order valence-electron chi connectivity index (χ0n) is 50.5. The molecule has 0 bridgehead atoms. The van der Waals surface area contributed by atoms with Crippen molar-refractivity contribution in [3.63, 3.8) is 0 Å². The molecule has 0 aliphatic heterocycles. The fourth-order valence-corrected chi connectivity index (χ4v) is 7.53. The normalized spacial score (nSPS) is 13.8. The molecule has 0 aromatic rings. The number of carbonyl (C=O) groups excluding carboxylic acids is 8. The maximum atomic E-state index is 14.2.